The van der Waals surface area contributed by atoms with Crippen LogP contribution < -0.4 is 5.32 Å². The van der Waals surface area contributed by atoms with Crippen LogP contribution in [0.2, 0.25) is 0 Å². The van der Waals surface area contributed by atoms with E-state index in [0.717, 1.165) is 29.6 Å². The van der Waals surface area contributed by atoms with Crippen LogP contribution in [0.1, 0.15) is 17.3 Å². The normalized spacial score (nSPS) is 11.1. The molecule has 0 aliphatic rings. The summed E-state index contributed by atoms with van der Waals surface area (Å²) >= 11 is 0. The number of hydrogen-bond donors (Lipinski definition) is 2. The maximum absolute atomic E-state index is 12.1. The number of carbonyl (C=O) groups excluding carboxylic acids is 1. The highest BCUT2D eigenvalue weighted by Gasteiger charge is 2.09. The average molecular weight is 245 g/mol. The summed E-state index contributed by atoms with van der Waals surface area (Å²) in [6.45, 7) is 4.63. The SMILES string of the molecule is CCN(C)CCNC(=O)c1cccc2[nH]ccc12. The Labute approximate surface area is 107 Å². The van der Waals surface area contributed by atoms with Crippen molar-refractivity contribution in [3.63, 3.8) is 0 Å². The molecule has 1 amide bonds. The van der Waals surface area contributed by atoms with Crippen molar-refractivity contribution in [2.24, 2.45) is 0 Å². The predicted octanol–water partition coefficient (Wildman–Crippen LogP) is 1.85. The lowest BCUT2D eigenvalue weighted by molar-refractivity contribution is 0.0952. The van der Waals surface area contributed by atoms with Crippen LogP contribution in [0.4, 0.5) is 0 Å². The van der Waals surface area contributed by atoms with Gasteiger partial charge in [-0.15, -0.1) is 0 Å². The zero-order valence-corrected chi connectivity index (χ0v) is 10.9. The number of nitrogens with zero attached hydrogens (tertiary/aromatic N) is 1. The third-order valence-corrected chi connectivity index (χ3v) is 3.16. The minimum Gasteiger partial charge on any atom is -0.361 e. The highest BCUT2D eigenvalue weighted by atomic mass is 16.1. The summed E-state index contributed by atoms with van der Waals surface area (Å²) in [7, 11) is 2.04. The van der Waals surface area contributed by atoms with Gasteiger partial charge in [-0.25, -0.2) is 0 Å². The summed E-state index contributed by atoms with van der Waals surface area (Å²) < 4.78 is 0. The fourth-order valence-electron chi connectivity index (χ4n) is 1.90. The van der Waals surface area contributed by atoms with Gasteiger partial charge in [0.25, 0.3) is 5.91 Å². The fraction of sp³-hybridized carbons (Fsp3) is 0.357. The Hall–Kier alpha value is -1.81. The number of amides is 1. The lowest BCUT2D eigenvalue weighted by atomic mass is 10.1. The van der Waals surface area contributed by atoms with Gasteiger partial charge in [0.05, 0.1) is 0 Å². The molecule has 0 fully saturated rings. The molecule has 0 aliphatic heterocycles. The standard InChI is InChI=1S/C14H19N3O/c1-3-17(2)10-9-16-14(18)12-5-4-6-13-11(12)7-8-15-13/h4-8,15H,3,9-10H2,1-2H3,(H,16,18). The van der Waals surface area contributed by atoms with Gasteiger partial charge >= 0.3 is 0 Å². The quantitative estimate of drug-likeness (QED) is 0.844. The number of H-pyrrole nitrogens is 1. The van der Waals surface area contributed by atoms with E-state index in [-0.39, 0.29) is 5.91 Å². The van der Waals surface area contributed by atoms with Crippen molar-refractivity contribution in [3.05, 3.63) is 36.0 Å². The number of benzene rings is 1. The first-order valence-electron chi connectivity index (χ1n) is 6.25. The maximum atomic E-state index is 12.1. The molecule has 0 unspecified atom stereocenters. The molecule has 4 nitrogen and oxygen atoms in total. The van der Waals surface area contributed by atoms with Gasteiger partial charge < -0.3 is 15.2 Å². The number of hydrogen-bond acceptors (Lipinski definition) is 2. The van der Waals surface area contributed by atoms with E-state index in [1.807, 2.05) is 37.5 Å². The third-order valence-electron chi connectivity index (χ3n) is 3.16. The Morgan fingerprint density at radius 1 is 1.39 bits per heavy atom. The van der Waals surface area contributed by atoms with Crippen LogP contribution in [0.5, 0.6) is 0 Å². The second kappa shape index (κ2) is 5.69. The topological polar surface area (TPSA) is 48.1 Å². The van der Waals surface area contributed by atoms with Gasteiger partial charge in [-0.05, 0) is 31.8 Å². The molecule has 0 radical (unpaired) electrons. The van der Waals surface area contributed by atoms with Crippen LogP contribution in [0.15, 0.2) is 30.5 Å². The molecular weight excluding hydrogens is 226 g/mol. The monoisotopic (exact) mass is 245 g/mol. The smallest absolute Gasteiger partial charge is 0.252 e. The van der Waals surface area contributed by atoms with Crippen molar-refractivity contribution in [1.82, 2.24) is 15.2 Å². The summed E-state index contributed by atoms with van der Waals surface area (Å²) in [6.07, 6.45) is 1.85. The first kappa shape index (κ1) is 12.6. The van der Waals surface area contributed by atoms with Gasteiger partial charge in [0.1, 0.15) is 0 Å². The van der Waals surface area contributed by atoms with Crippen LogP contribution in [0, 0.1) is 0 Å². The second-order valence-corrected chi connectivity index (χ2v) is 4.40. The third kappa shape index (κ3) is 2.71. The van der Waals surface area contributed by atoms with Gasteiger partial charge in [-0.1, -0.05) is 13.0 Å². The highest BCUT2D eigenvalue weighted by molar-refractivity contribution is 6.06. The van der Waals surface area contributed by atoms with E-state index < -0.39 is 0 Å². The van der Waals surface area contributed by atoms with Crippen LogP contribution in [-0.4, -0.2) is 42.5 Å². The fourth-order valence-corrected chi connectivity index (χ4v) is 1.90. The molecule has 96 valence electrons. The van der Waals surface area contributed by atoms with Crippen LogP contribution in [0.25, 0.3) is 10.9 Å². The number of fused-ring (bicyclic) bond motifs is 1. The first-order valence-corrected chi connectivity index (χ1v) is 6.25. The maximum Gasteiger partial charge on any atom is 0.252 e. The zero-order valence-electron chi connectivity index (χ0n) is 10.9. The first-order chi connectivity index (χ1) is 8.72. The van der Waals surface area contributed by atoms with E-state index in [4.69, 9.17) is 0 Å². The summed E-state index contributed by atoms with van der Waals surface area (Å²) in [6, 6.07) is 7.65. The lowest BCUT2D eigenvalue weighted by Gasteiger charge is -2.14. The molecule has 0 saturated heterocycles. The molecule has 18 heavy (non-hydrogen) atoms. The number of aromatic nitrogens is 1. The molecule has 0 atom stereocenters. The summed E-state index contributed by atoms with van der Waals surface area (Å²) in [5.74, 6) is -0.00953. The van der Waals surface area contributed by atoms with Crippen molar-refractivity contribution < 1.29 is 4.79 Å². The van der Waals surface area contributed by atoms with Crippen molar-refractivity contribution in [3.8, 4) is 0 Å². The molecule has 0 spiro atoms. The molecule has 2 N–H and O–H groups in total. The van der Waals surface area contributed by atoms with E-state index in [1.54, 1.807) is 0 Å². The number of likely N-dealkylation sites (N-methyl/N-ethyl adjacent to an activating group) is 1. The summed E-state index contributed by atoms with van der Waals surface area (Å²) in [4.78, 5) is 17.4. The number of rotatable bonds is 5. The molecule has 1 aromatic carbocycles. The highest BCUT2D eigenvalue weighted by Crippen LogP contribution is 2.16. The van der Waals surface area contributed by atoms with Crippen molar-refractivity contribution in [2.45, 2.75) is 6.92 Å². The van der Waals surface area contributed by atoms with Gasteiger partial charge in [0.15, 0.2) is 0 Å². The van der Waals surface area contributed by atoms with Gasteiger partial charge in [-0.3, -0.25) is 4.79 Å². The molecule has 0 bridgehead atoms. The van der Waals surface area contributed by atoms with Gasteiger partial charge in [0, 0.05) is 35.8 Å². The van der Waals surface area contributed by atoms with Crippen molar-refractivity contribution in [1.29, 1.82) is 0 Å². The number of nitrogens with one attached hydrogen (secondary N) is 2. The van der Waals surface area contributed by atoms with E-state index in [9.17, 15) is 4.79 Å². The molecular formula is C14H19N3O. The van der Waals surface area contributed by atoms with Crippen molar-refractivity contribution >= 4 is 16.8 Å². The van der Waals surface area contributed by atoms with Gasteiger partial charge in [0.2, 0.25) is 0 Å². The van der Waals surface area contributed by atoms with Crippen molar-refractivity contribution in [2.75, 3.05) is 26.7 Å². The van der Waals surface area contributed by atoms with E-state index in [0.29, 0.717) is 6.54 Å². The van der Waals surface area contributed by atoms with Crippen LogP contribution in [-0.2, 0) is 0 Å². The average Bonchev–Trinajstić information content (AvgIpc) is 2.86. The molecule has 0 saturated carbocycles. The lowest BCUT2D eigenvalue weighted by Crippen LogP contribution is -2.32. The molecule has 0 aliphatic carbocycles. The molecule has 1 heterocycles. The molecule has 4 heteroatoms. The Morgan fingerprint density at radius 2 is 2.22 bits per heavy atom. The molecule has 2 rings (SSSR count). The van der Waals surface area contributed by atoms with E-state index >= 15 is 0 Å². The van der Waals surface area contributed by atoms with Gasteiger partial charge in [-0.2, -0.15) is 0 Å². The Kier molecular flexibility index (Phi) is 3.99. The van der Waals surface area contributed by atoms with Crippen LogP contribution >= 0.6 is 0 Å². The predicted molar refractivity (Wildman–Crippen MR) is 73.8 cm³/mol. The Bertz CT molecular complexity index is 533. The largest absolute Gasteiger partial charge is 0.361 e. The number of carbonyl (C=O) groups is 1. The molecule has 1 aromatic heterocycles. The van der Waals surface area contributed by atoms with E-state index in [2.05, 4.69) is 22.1 Å². The number of aromatic amines is 1. The Morgan fingerprint density at radius 3 is 3.00 bits per heavy atom. The second-order valence-electron chi connectivity index (χ2n) is 4.40. The minimum absolute atomic E-state index is 0.00953. The van der Waals surface area contributed by atoms with Crippen LogP contribution in [0.3, 0.4) is 0 Å². The minimum atomic E-state index is -0.00953. The summed E-state index contributed by atoms with van der Waals surface area (Å²) in [5.41, 5.74) is 1.72. The Balaban J connectivity index is 2.03. The van der Waals surface area contributed by atoms with E-state index in [1.165, 1.54) is 0 Å². The summed E-state index contributed by atoms with van der Waals surface area (Å²) in [5, 5.41) is 3.92. The zero-order chi connectivity index (χ0) is 13.0. The molecule has 2 aromatic rings.